The number of nitrogens with two attached hydrogens (primary N) is 1. The summed E-state index contributed by atoms with van der Waals surface area (Å²) < 4.78 is 13.6. The molecule has 0 saturated carbocycles. The van der Waals surface area contributed by atoms with Gasteiger partial charge >= 0.3 is 5.97 Å². The van der Waals surface area contributed by atoms with Crippen molar-refractivity contribution in [2.24, 2.45) is 0 Å². The van der Waals surface area contributed by atoms with E-state index in [0.29, 0.717) is 12.2 Å². The van der Waals surface area contributed by atoms with Crippen molar-refractivity contribution in [1.29, 1.82) is 0 Å². The molecule has 0 bridgehead atoms. The number of rotatable bonds is 5. The molecule has 0 atom stereocenters. The highest BCUT2D eigenvalue weighted by atomic mass is 32.1. The van der Waals surface area contributed by atoms with E-state index in [4.69, 9.17) is 5.73 Å². The molecule has 0 aliphatic carbocycles. The monoisotopic (exact) mass is 308 g/mol. The van der Waals surface area contributed by atoms with Crippen LogP contribution in [0.2, 0.25) is 0 Å². The van der Waals surface area contributed by atoms with Crippen LogP contribution >= 0.6 is 11.3 Å². The standard InChI is InChI=1S/C15H17FN2O2S/c1-9(2)18(8-10-4-3-7-21-10)12-6-5-11(16)14(17)13(12)15(19)20/h3-7,9H,8,17H2,1-2H3,(H,19,20). The van der Waals surface area contributed by atoms with Crippen LogP contribution in [0.4, 0.5) is 15.8 Å². The lowest BCUT2D eigenvalue weighted by molar-refractivity contribution is 0.0698. The number of aromatic carboxylic acids is 1. The van der Waals surface area contributed by atoms with Crippen molar-refractivity contribution in [3.63, 3.8) is 0 Å². The summed E-state index contributed by atoms with van der Waals surface area (Å²) in [6.07, 6.45) is 0. The van der Waals surface area contributed by atoms with E-state index in [1.807, 2.05) is 36.3 Å². The zero-order valence-corrected chi connectivity index (χ0v) is 12.7. The smallest absolute Gasteiger partial charge is 0.340 e. The van der Waals surface area contributed by atoms with Crippen molar-refractivity contribution in [3.8, 4) is 0 Å². The van der Waals surface area contributed by atoms with Gasteiger partial charge in [-0.2, -0.15) is 0 Å². The van der Waals surface area contributed by atoms with Gasteiger partial charge in [0.2, 0.25) is 0 Å². The van der Waals surface area contributed by atoms with Gasteiger partial charge in [-0.25, -0.2) is 9.18 Å². The predicted octanol–water partition coefficient (Wildman–Crippen LogP) is 3.58. The molecule has 0 saturated heterocycles. The number of benzene rings is 1. The van der Waals surface area contributed by atoms with Gasteiger partial charge in [0.1, 0.15) is 11.4 Å². The summed E-state index contributed by atoms with van der Waals surface area (Å²) in [4.78, 5) is 14.5. The number of carboxylic acids is 1. The van der Waals surface area contributed by atoms with Crippen molar-refractivity contribution < 1.29 is 14.3 Å². The average Bonchev–Trinajstić information content (AvgIpc) is 2.91. The first-order valence-electron chi connectivity index (χ1n) is 6.52. The van der Waals surface area contributed by atoms with E-state index in [9.17, 15) is 14.3 Å². The van der Waals surface area contributed by atoms with Crippen LogP contribution in [0.1, 0.15) is 29.1 Å². The third-order valence-electron chi connectivity index (χ3n) is 3.22. The second-order valence-electron chi connectivity index (χ2n) is 4.96. The van der Waals surface area contributed by atoms with Gasteiger partial charge in [-0.1, -0.05) is 6.07 Å². The first kappa shape index (κ1) is 15.3. The maximum absolute atomic E-state index is 13.6. The van der Waals surface area contributed by atoms with Crippen molar-refractivity contribution in [2.75, 3.05) is 10.6 Å². The van der Waals surface area contributed by atoms with Crippen molar-refractivity contribution >= 4 is 28.7 Å². The molecule has 2 aromatic rings. The first-order chi connectivity index (χ1) is 9.91. The number of thiophene rings is 1. The Kier molecular flexibility index (Phi) is 4.47. The molecule has 6 heteroatoms. The summed E-state index contributed by atoms with van der Waals surface area (Å²) in [5.41, 5.74) is 5.55. The summed E-state index contributed by atoms with van der Waals surface area (Å²) >= 11 is 1.59. The Morgan fingerprint density at radius 3 is 2.67 bits per heavy atom. The SMILES string of the molecule is CC(C)N(Cc1cccs1)c1ccc(F)c(N)c1C(=O)O. The van der Waals surface area contributed by atoms with Gasteiger partial charge in [0.05, 0.1) is 17.9 Å². The molecule has 4 nitrogen and oxygen atoms in total. The number of nitrogen functional groups attached to an aromatic ring is 1. The summed E-state index contributed by atoms with van der Waals surface area (Å²) in [5, 5.41) is 11.3. The van der Waals surface area contributed by atoms with Gasteiger partial charge in [0.15, 0.2) is 0 Å². The maximum atomic E-state index is 13.6. The van der Waals surface area contributed by atoms with Crippen molar-refractivity contribution in [2.45, 2.75) is 26.4 Å². The number of carbonyl (C=O) groups is 1. The zero-order valence-electron chi connectivity index (χ0n) is 11.8. The predicted molar refractivity (Wildman–Crippen MR) is 83.4 cm³/mol. The van der Waals surface area contributed by atoms with Gasteiger partial charge in [0, 0.05) is 10.9 Å². The van der Waals surface area contributed by atoms with Crippen LogP contribution in [0.25, 0.3) is 0 Å². The number of anilines is 2. The van der Waals surface area contributed by atoms with Gasteiger partial charge in [-0.3, -0.25) is 0 Å². The molecule has 0 aliphatic rings. The van der Waals surface area contributed by atoms with E-state index in [1.165, 1.54) is 12.1 Å². The first-order valence-corrected chi connectivity index (χ1v) is 7.40. The minimum Gasteiger partial charge on any atom is -0.478 e. The maximum Gasteiger partial charge on any atom is 0.340 e. The Balaban J connectivity index is 2.50. The minimum absolute atomic E-state index is 0.0510. The van der Waals surface area contributed by atoms with E-state index < -0.39 is 11.8 Å². The minimum atomic E-state index is -1.22. The van der Waals surface area contributed by atoms with E-state index in [-0.39, 0.29) is 17.3 Å². The van der Waals surface area contributed by atoms with Gasteiger partial charge in [0.25, 0.3) is 0 Å². The highest BCUT2D eigenvalue weighted by Gasteiger charge is 2.23. The summed E-state index contributed by atoms with van der Waals surface area (Å²) in [5.74, 6) is -1.94. The molecule has 1 aromatic carbocycles. The number of hydrogen-bond acceptors (Lipinski definition) is 4. The van der Waals surface area contributed by atoms with Crippen LogP contribution in [-0.2, 0) is 6.54 Å². The second kappa shape index (κ2) is 6.13. The Hall–Kier alpha value is -2.08. The van der Waals surface area contributed by atoms with Gasteiger partial charge < -0.3 is 15.7 Å². The van der Waals surface area contributed by atoms with Crippen molar-refractivity contribution in [3.05, 3.63) is 45.9 Å². The van der Waals surface area contributed by atoms with Crippen LogP contribution < -0.4 is 10.6 Å². The lowest BCUT2D eigenvalue weighted by Crippen LogP contribution is -2.31. The Morgan fingerprint density at radius 2 is 2.14 bits per heavy atom. The average molecular weight is 308 g/mol. The fourth-order valence-corrected chi connectivity index (χ4v) is 2.87. The fraction of sp³-hybridized carbons (Fsp3) is 0.267. The van der Waals surface area contributed by atoms with E-state index in [2.05, 4.69) is 0 Å². The molecule has 1 heterocycles. The number of nitrogens with zero attached hydrogens (tertiary/aromatic N) is 1. The Labute approximate surface area is 126 Å². The van der Waals surface area contributed by atoms with E-state index in [0.717, 1.165) is 4.88 Å². The van der Waals surface area contributed by atoms with Crippen molar-refractivity contribution in [1.82, 2.24) is 0 Å². The number of halogens is 1. The molecule has 112 valence electrons. The summed E-state index contributed by atoms with van der Waals surface area (Å²) in [7, 11) is 0. The fourth-order valence-electron chi connectivity index (χ4n) is 2.16. The van der Waals surface area contributed by atoms with Gasteiger partial charge in [-0.05, 0) is 37.4 Å². The van der Waals surface area contributed by atoms with E-state index in [1.54, 1.807) is 11.3 Å². The van der Waals surface area contributed by atoms with Crippen LogP contribution in [0.5, 0.6) is 0 Å². The number of carboxylic acid groups (broad SMARTS) is 1. The Morgan fingerprint density at radius 1 is 1.43 bits per heavy atom. The van der Waals surface area contributed by atoms with Crippen LogP contribution in [0.3, 0.4) is 0 Å². The molecule has 0 aliphatic heterocycles. The molecule has 0 unspecified atom stereocenters. The number of hydrogen-bond donors (Lipinski definition) is 2. The summed E-state index contributed by atoms with van der Waals surface area (Å²) in [6.45, 7) is 4.47. The molecule has 0 radical (unpaired) electrons. The molecule has 0 spiro atoms. The highest BCUT2D eigenvalue weighted by Crippen LogP contribution is 2.31. The van der Waals surface area contributed by atoms with Crippen LogP contribution in [-0.4, -0.2) is 17.1 Å². The molecule has 1 aromatic heterocycles. The highest BCUT2D eigenvalue weighted by molar-refractivity contribution is 7.09. The molecule has 2 rings (SSSR count). The molecular weight excluding hydrogens is 291 g/mol. The molecular formula is C15H17FN2O2S. The normalized spacial score (nSPS) is 10.9. The molecule has 3 N–H and O–H groups in total. The zero-order chi connectivity index (χ0) is 15.6. The summed E-state index contributed by atoms with van der Waals surface area (Å²) in [6, 6.07) is 6.65. The quantitative estimate of drug-likeness (QED) is 0.829. The van der Waals surface area contributed by atoms with Crippen LogP contribution in [0, 0.1) is 5.82 Å². The third kappa shape index (κ3) is 3.16. The topological polar surface area (TPSA) is 66.6 Å². The molecule has 0 amide bonds. The van der Waals surface area contributed by atoms with Crippen LogP contribution in [0.15, 0.2) is 29.6 Å². The second-order valence-corrected chi connectivity index (χ2v) is 5.99. The lowest BCUT2D eigenvalue weighted by atomic mass is 10.1. The molecule has 21 heavy (non-hydrogen) atoms. The largest absolute Gasteiger partial charge is 0.478 e. The lowest BCUT2D eigenvalue weighted by Gasteiger charge is -2.30. The Bertz CT molecular complexity index is 641. The van der Waals surface area contributed by atoms with E-state index >= 15 is 0 Å². The molecule has 0 fully saturated rings. The third-order valence-corrected chi connectivity index (χ3v) is 4.08. The van der Waals surface area contributed by atoms with Gasteiger partial charge in [-0.15, -0.1) is 11.3 Å².